The molecule has 0 fully saturated rings. The SMILES string of the molecule is CCCCCN(Cc1nc2ccccc2n1CCCC)C(=O)c1cc(C)c(C)o1. The van der Waals surface area contributed by atoms with Gasteiger partial charge in [0, 0.05) is 13.1 Å². The first kappa shape index (κ1) is 21.2. The maximum absolute atomic E-state index is 13.2. The van der Waals surface area contributed by atoms with Crippen molar-refractivity contribution in [3.63, 3.8) is 0 Å². The van der Waals surface area contributed by atoms with Gasteiger partial charge < -0.3 is 13.9 Å². The molecular formula is C24H33N3O2. The molecule has 0 aliphatic heterocycles. The molecule has 5 heteroatoms. The Balaban J connectivity index is 1.91. The maximum Gasteiger partial charge on any atom is 0.289 e. The molecule has 0 aliphatic rings. The largest absolute Gasteiger partial charge is 0.456 e. The standard InChI is InChI=1S/C24H33N3O2/c1-5-7-11-14-26(24(28)22-16-18(3)19(4)29-22)17-23-25-20-12-9-10-13-21(20)27(23)15-8-6-2/h9-10,12-13,16H,5-8,11,14-15,17H2,1-4H3. The van der Waals surface area contributed by atoms with Crippen LogP contribution in [0.25, 0.3) is 11.0 Å². The van der Waals surface area contributed by atoms with Gasteiger partial charge in [-0.05, 0) is 50.5 Å². The molecule has 0 radical (unpaired) electrons. The van der Waals surface area contributed by atoms with Crippen molar-refractivity contribution in [1.82, 2.24) is 14.5 Å². The topological polar surface area (TPSA) is 51.3 Å². The zero-order valence-electron chi connectivity index (χ0n) is 18.2. The van der Waals surface area contributed by atoms with Crippen molar-refractivity contribution in [2.24, 2.45) is 0 Å². The average molecular weight is 396 g/mol. The first-order valence-electron chi connectivity index (χ1n) is 10.9. The number of furan rings is 1. The summed E-state index contributed by atoms with van der Waals surface area (Å²) in [7, 11) is 0. The van der Waals surface area contributed by atoms with Crippen LogP contribution in [0.5, 0.6) is 0 Å². The van der Waals surface area contributed by atoms with Crippen LogP contribution < -0.4 is 0 Å². The lowest BCUT2D eigenvalue weighted by molar-refractivity contribution is 0.0700. The molecule has 0 bridgehead atoms. The fourth-order valence-electron chi connectivity index (χ4n) is 3.62. The Morgan fingerprint density at radius 3 is 2.55 bits per heavy atom. The Bertz CT molecular complexity index is 935. The van der Waals surface area contributed by atoms with E-state index < -0.39 is 0 Å². The van der Waals surface area contributed by atoms with Crippen molar-refractivity contribution >= 4 is 16.9 Å². The third-order valence-electron chi connectivity index (χ3n) is 5.50. The van der Waals surface area contributed by atoms with E-state index in [0.717, 1.165) is 66.8 Å². The molecule has 0 saturated carbocycles. The highest BCUT2D eigenvalue weighted by atomic mass is 16.4. The lowest BCUT2D eigenvalue weighted by atomic mass is 10.2. The van der Waals surface area contributed by atoms with Crippen LogP contribution in [-0.2, 0) is 13.1 Å². The molecule has 0 spiro atoms. The van der Waals surface area contributed by atoms with Gasteiger partial charge in [0.25, 0.3) is 5.91 Å². The van der Waals surface area contributed by atoms with Crippen molar-refractivity contribution in [3.05, 3.63) is 53.2 Å². The number of para-hydroxylation sites is 2. The van der Waals surface area contributed by atoms with E-state index in [4.69, 9.17) is 9.40 Å². The molecule has 0 saturated heterocycles. The van der Waals surface area contributed by atoms with E-state index >= 15 is 0 Å². The van der Waals surface area contributed by atoms with Gasteiger partial charge in [0.15, 0.2) is 5.76 Å². The molecule has 3 aromatic rings. The zero-order chi connectivity index (χ0) is 20.8. The third kappa shape index (κ3) is 4.89. The molecule has 0 N–H and O–H groups in total. The normalized spacial score (nSPS) is 11.3. The predicted molar refractivity (Wildman–Crippen MR) is 117 cm³/mol. The Kier molecular flexibility index (Phi) is 7.13. The van der Waals surface area contributed by atoms with Crippen molar-refractivity contribution in [2.45, 2.75) is 72.9 Å². The van der Waals surface area contributed by atoms with Crippen LogP contribution in [0.4, 0.5) is 0 Å². The van der Waals surface area contributed by atoms with E-state index in [1.807, 2.05) is 36.9 Å². The molecule has 156 valence electrons. The van der Waals surface area contributed by atoms with Gasteiger partial charge in [-0.1, -0.05) is 45.2 Å². The van der Waals surface area contributed by atoms with Gasteiger partial charge in [0.2, 0.25) is 0 Å². The first-order valence-corrected chi connectivity index (χ1v) is 10.9. The number of carbonyl (C=O) groups is 1. The van der Waals surface area contributed by atoms with Gasteiger partial charge in [-0.25, -0.2) is 4.98 Å². The summed E-state index contributed by atoms with van der Waals surface area (Å²) in [4.78, 5) is 20.0. The molecule has 2 heterocycles. The predicted octanol–water partition coefficient (Wildman–Crippen LogP) is 5.88. The monoisotopic (exact) mass is 395 g/mol. The maximum atomic E-state index is 13.2. The van der Waals surface area contributed by atoms with E-state index in [1.54, 1.807) is 0 Å². The minimum atomic E-state index is -0.0496. The average Bonchev–Trinajstić information content (AvgIpc) is 3.24. The fourth-order valence-corrected chi connectivity index (χ4v) is 3.62. The molecule has 5 nitrogen and oxygen atoms in total. The highest BCUT2D eigenvalue weighted by molar-refractivity contribution is 5.91. The van der Waals surface area contributed by atoms with Gasteiger partial charge >= 0.3 is 0 Å². The van der Waals surface area contributed by atoms with E-state index in [1.165, 1.54) is 0 Å². The first-order chi connectivity index (χ1) is 14.0. The molecule has 0 aliphatic carbocycles. The van der Waals surface area contributed by atoms with E-state index in [-0.39, 0.29) is 5.91 Å². The van der Waals surface area contributed by atoms with E-state index in [2.05, 4.69) is 30.5 Å². The Labute approximate surface area is 173 Å². The highest BCUT2D eigenvalue weighted by Crippen LogP contribution is 2.21. The fraction of sp³-hybridized carbons (Fsp3) is 0.500. The Morgan fingerprint density at radius 2 is 1.86 bits per heavy atom. The van der Waals surface area contributed by atoms with Gasteiger partial charge in [0.1, 0.15) is 11.6 Å². The smallest absolute Gasteiger partial charge is 0.289 e. The molecule has 1 amide bonds. The third-order valence-corrected chi connectivity index (χ3v) is 5.50. The number of fused-ring (bicyclic) bond motifs is 1. The molecule has 3 rings (SSSR count). The summed E-state index contributed by atoms with van der Waals surface area (Å²) in [6.07, 6.45) is 5.42. The number of rotatable bonds is 10. The number of amides is 1. The van der Waals surface area contributed by atoms with Crippen molar-refractivity contribution < 1.29 is 9.21 Å². The number of hydrogen-bond acceptors (Lipinski definition) is 3. The number of nitrogens with zero attached hydrogens (tertiary/aromatic N) is 3. The lowest BCUT2D eigenvalue weighted by Crippen LogP contribution is -2.32. The number of imidazole rings is 1. The van der Waals surface area contributed by atoms with Crippen LogP contribution in [-0.4, -0.2) is 26.9 Å². The number of aromatic nitrogens is 2. The van der Waals surface area contributed by atoms with E-state index in [0.29, 0.717) is 18.8 Å². The van der Waals surface area contributed by atoms with Gasteiger partial charge in [0.05, 0.1) is 17.6 Å². The van der Waals surface area contributed by atoms with Crippen LogP contribution in [0.2, 0.25) is 0 Å². The summed E-state index contributed by atoms with van der Waals surface area (Å²) in [5, 5.41) is 0. The Morgan fingerprint density at radius 1 is 1.10 bits per heavy atom. The number of hydrogen-bond donors (Lipinski definition) is 0. The Hall–Kier alpha value is -2.56. The zero-order valence-corrected chi connectivity index (χ0v) is 18.2. The number of benzene rings is 1. The molecule has 29 heavy (non-hydrogen) atoms. The summed E-state index contributed by atoms with van der Waals surface area (Å²) >= 11 is 0. The van der Waals surface area contributed by atoms with E-state index in [9.17, 15) is 4.79 Å². The number of aryl methyl sites for hydroxylation is 3. The minimum Gasteiger partial charge on any atom is -0.456 e. The van der Waals surface area contributed by atoms with Crippen molar-refractivity contribution in [2.75, 3.05) is 6.54 Å². The number of carbonyl (C=O) groups excluding carboxylic acids is 1. The lowest BCUT2D eigenvalue weighted by Gasteiger charge is -2.22. The van der Waals surface area contributed by atoms with Gasteiger partial charge in [-0.3, -0.25) is 4.79 Å². The molecule has 1 aromatic carbocycles. The second kappa shape index (κ2) is 9.77. The van der Waals surface area contributed by atoms with Crippen LogP contribution in [0.15, 0.2) is 34.7 Å². The second-order valence-corrected chi connectivity index (χ2v) is 7.81. The van der Waals surface area contributed by atoms with Crippen LogP contribution in [0.1, 0.15) is 73.7 Å². The summed E-state index contributed by atoms with van der Waals surface area (Å²) < 4.78 is 8.01. The van der Waals surface area contributed by atoms with Crippen molar-refractivity contribution in [1.29, 1.82) is 0 Å². The summed E-state index contributed by atoms with van der Waals surface area (Å²) in [6.45, 7) is 10.4. The quantitative estimate of drug-likeness (QED) is 0.403. The molecule has 0 unspecified atom stereocenters. The molecule has 2 aromatic heterocycles. The minimum absolute atomic E-state index is 0.0496. The summed E-state index contributed by atoms with van der Waals surface area (Å²) in [5.41, 5.74) is 3.14. The summed E-state index contributed by atoms with van der Waals surface area (Å²) in [5.74, 6) is 2.13. The second-order valence-electron chi connectivity index (χ2n) is 7.81. The summed E-state index contributed by atoms with van der Waals surface area (Å²) in [6, 6.07) is 10.1. The highest BCUT2D eigenvalue weighted by Gasteiger charge is 2.22. The number of unbranched alkanes of at least 4 members (excludes halogenated alkanes) is 3. The molecule has 0 atom stereocenters. The van der Waals surface area contributed by atoms with Crippen LogP contribution in [0, 0.1) is 13.8 Å². The van der Waals surface area contributed by atoms with Crippen LogP contribution >= 0.6 is 0 Å². The van der Waals surface area contributed by atoms with Crippen LogP contribution in [0.3, 0.4) is 0 Å². The van der Waals surface area contributed by atoms with Gasteiger partial charge in [-0.2, -0.15) is 0 Å². The molecular weight excluding hydrogens is 362 g/mol. The van der Waals surface area contributed by atoms with Gasteiger partial charge in [-0.15, -0.1) is 0 Å². The van der Waals surface area contributed by atoms with Crippen molar-refractivity contribution in [3.8, 4) is 0 Å².